The van der Waals surface area contributed by atoms with Gasteiger partial charge in [0, 0.05) is 17.7 Å². The third kappa shape index (κ3) is 4.50. The van der Waals surface area contributed by atoms with Gasteiger partial charge in [-0.05, 0) is 49.1 Å². The highest BCUT2D eigenvalue weighted by atomic mass is 35.5. The highest BCUT2D eigenvalue weighted by Gasteiger charge is 2.02. The van der Waals surface area contributed by atoms with Crippen molar-refractivity contribution < 1.29 is 0 Å². The second-order valence-corrected chi connectivity index (χ2v) is 5.58. The molecule has 2 aromatic rings. The molecule has 0 aliphatic carbocycles. The van der Waals surface area contributed by atoms with Crippen LogP contribution < -0.4 is 0 Å². The first-order chi connectivity index (χ1) is 9.65. The van der Waals surface area contributed by atoms with Crippen molar-refractivity contribution in [3.8, 4) is 0 Å². The summed E-state index contributed by atoms with van der Waals surface area (Å²) in [7, 11) is 0. The van der Waals surface area contributed by atoms with Crippen LogP contribution in [0.25, 0.3) is 0 Å². The Morgan fingerprint density at radius 1 is 1.10 bits per heavy atom. The van der Waals surface area contributed by atoms with Gasteiger partial charge in [0.2, 0.25) is 0 Å². The van der Waals surface area contributed by atoms with Gasteiger partial charge in [0.15, 0.2) is 0 Å². The first-order valence-electron chi connectivity index (χ1n) is 6.96. The maximum Gasteiger partial charge on any atom is 0.0508 e. The second kappa shape index (κ2) is 7.25. The van der Waals surface area contributed by atoms with E-state index in [4.69, 9.17) is 11.6 Å². The molecule has 0 amide bonds. The van der Waals surface area contributed by atoms with Crippen molar-refractivity contribution in [2.75, 3.05) is 0 Å². The molecular formula is C18H20ClN. The molecule has 0 saturated heterocycles. The van der Waals surface area contributed by atoms with Gasteiger partial charge in [0.1, 0.15) is 0 Å². The Balaban J connectivity index is 1.88. The molecule has 1 atom stereocenters. The van der Waals surface area contributed by atoms with E-state index in [2.05, 4.69) is 43.1 Å². The Hall–Kier alpha value is -1.60. The van der Waals surface area contributed by atoms with Gasteiger partial charge in [-0.3, -0.25) is 4.99 Å². The van der Waals surface area contributed by atoms with Crippen LogP contribution in [0.5, 0.6) is 0 Å². The van der Waals surface area contributed by atoms with Gasteiger partial charge >= 0.3 is 0 Å². The average molecular weight is 286 g/mol. The first-order valence-corrected chi connectivity index (χ1v) is 7.33. The lowest BCUT2D eigenvalue weighted by molar-refractivity contribution is 0.739. The fourth-order valence-corrected chi connectivity index (χ4v) is 2.29. The molecule has 2 heteroatoms. The van der Waals surface area contributed by atoms with Gasteiger partial charge in [-0.2, -0.15) is 0 Å². The minimum Gasteiger partial charge on any atom is -0.294 e. The summed E-state index contributed by atoms with van der Waals surface area (Å²) in [4.78, 5) is 4.62. The number of rotatable bonds is 5. The molecule has 0 spiro atoms. The molecule has 0 aromatic heterocycles. The molecule has 0 radical (unpaired) electrons. The Morgan fingerprint density at radius 3 is 2.50 bits per heavy atom. The molecule has 0 aliphatic heterocycles. The summed E-state index contributed by atoms with van der Waals surface area (Å²) < 4.78 is 0. The quantitative estimate of drug-likeness (QED) is 0.693. The standard InChI is InChI=1S/C18H20ClN/c1-14-5-3-4-6-17(14)13-15(2)20-12-11-16-7-9-18(19)10-8-16/h3-10,12,15H,11,13H2,1-2H3/t15-/m1/s1. The molecular weight excluding hydrogens is 266 g/mol. The van der Waals surface area contributed by atoms with Crippen molar-refractivity contribution in [3.63, 3.8) is 0 Å². The fraction of sp³-hybridized carbons (Fsp3) is 0.278. The van der Waals surface area contributed by atoms with Crippen molar-refractivity contribution >= 4 is 17.8 Å². The van der Waals surface area contributed by atoms with Crippen LogP contribution in [0.2, 0.25) is 5.02 Å². The van der Waals surface area contributed by atoms with Crippen LogP contribution in [0.1, 0.15) is 23.6 Å². The van der Waals surface area contributed by atoms with Gasteiger partial charge in [-0.1, -0.05) is 48.0 Å². The summed E-state index contributed by atoms with van der Waals surface area (Å²) in [5, 5.41) is 0.776. The molecule has 1 nitrogen and oxygen atoms in total. The van der Waals surface area contributed by atoms with Crippen LogP contribution in [-0.4, -0.2) is 12.3 Å². The zero-order valence-electron chi connectivity index (χ0n) is 12.0. The van der Waals surface area contributed by atoms with Crippen LogP contribution in [0, 0.1) is 6.92 Å². The zero-order valence-corrected chi connectivity index (χ0v) is 12.8. The predicted molar refractivity (Wildman–Crippen MR) is 88.0 cm³/mol. The number of aliphatic imine (C=N–C) groups is 1. The summed E-state index contributed by atoms with van der Waals surface area (Å²) in [6.07, 6.45) is 3.85. The van der Waals surface area contributed by atoms with Gasteiger partial charge in [-0.15, -0.1) is 0 Å². The van der Waals surface area contributed by atoms with Gasteiger partial charge in [0.25, 0.3) is 0 Å². The van der Waals surface area contributed by atoms with Crippen molar-refractivity contribution in [3.05, 3.63) is 70.2 Å². The number of hydrogen-bond acceptors (Lipinski definition) is 1. The van der Waals surface area contributed by atoms with Crippen LogP contribution in [-0.2, 0) is 12.8 Å². The lowest BCUT2D eigenvalue weighted by atomic mass is 10.0. The monoisotopic (exact) mass is 285 g/mol. The highest BCUT2D eigenvalue weighted by Crippen LogP contribution is 2.12. The fourth-order valence-electron chi connectivity index (χ4n) is 2.17. The minimum absolute atomic E-state index is 0.309. The Kier molecular flexibility index (Phi) is 5.37. The molecule has 0 aliphatic rings. The number of nitrogens with zero attached hydrogens (tertiary/aromatic N) is 1. The van der Waals surface area contributed by atoms with Crippen LogP contribution in [0.15, 0.2) is 53.5 Å². The normalized spacial score (nSPS) is 12.8. The third-order valence-corrected chi connectivity index (χ3v) is 3.63. The van der Waals surface area contributed by atoms with E-state index >= 15 is 0 Å². The van der Waals surface area contributed by atoms with E-state index in [1.54, 1.807) is 0 Å². The summed E-state index contributed by atoms with van der Waals surface area (Å²) in [6, 6.07) is 16.7. The van der Waals surface area contributed by atoms with Gasteiger partial charge in [-0.25, -0.2) is 0 Å². The molecule has 2 rings (SSSR count). The Bertz CT molecular complexity index is 572. The summed E-state index contributed by atoms with van der Waals surface area (Å²) >= 11 is 5.87. The summed E-state index contributed by atoms with van der Waals surface area (Å²) in [5.41, 5.74) is 3.96. The maximum absolute atomic E-state index is 5.87. The van der Waals surface area contributed by atoms with Gasteiger partial charge in [0.05, 0.1) is 6.04 Å². The molecule has 2 aromatic carbocycles. The second-order valence-electron chi connectivity index (χ2n) is 5.14. The molecule has 20 heavy (non-hydrogen) atoms. The highest BCUT2D eigenvalue weighted by molar-refractivity contribution is 6.30. The van der Waals surface area contributed by atoms with E-state index in [1.807, 2.05) is 30.5 Å². The smallest absolute Gasteiger partial charge is 0.0508 e. The number of halogens is 1. The number of aryl methyl sites for hydroxylation is 1. The largest absolute Gasteiger partial charge is 0.294 e. The lowest BCUT2D eigenvalue weighted by Crippen LogP contribution is -2.05. The zero-order chi connectivity index (χ0) is 14.4. The van der Waals surface area contributed by atoms with Crippen molar-refractivity contribution in [2.45, 2.75) is 32.7 Å². The number of benzene rings is 2. The molecule has 0 saturated carbocycles. The third-order valence-electron chi connectivity index (χ3n) is 3.38. The lowest BCUT2D eigenvalue weighted by Gasteiger charge is -2.09. The van der Waals surface area contributed by atoms with E-state index in [1.165, 1.54) is 16.7 Å². The Morgan fingerprint density at radius 2 is 1.80 bits per heavy atom. The molecule has 104 valence electrons. The van der Waals surface area contributed by atoms with Crippen molar-refractivity contribution in [2.24, 2.45) is 4.99 Å². The molecule has 0 unspecified atom stereocenters. The van der Waals surface area contributed by atoms with Crippen LogP contribution in [0.3, 0.4) is 0 Å². The van der Waals surface area contributed by atoms with Crippen molar-refractivity contribution in [1.82, 2.24) is 0 Å². The van der Waals surface area contributed by atoms with Crippen LogP contribution in [0.4, 0.5) is 0 Å². The van der Waals surface area contributed by atoms with E-state index < -0.39 is 0 Å². The van der Waals surface area contributed by atoms with E-state index in [0.29, 0.717) is 6.04 Å². The summed E-state index contributed by atoms with van der Waals surface area (Å²) in [6.45, 7) is 4.31. The molecule has 0 heterocycles. The van der Waals surface area contributed by atoms with E-state index in [-0.39, 0.29) is 0 Å². The molecule has 0 N–H and O–H groups in total. The van der Waals surface area contributed by atoms with E-state index in [0.717, 1.165) is 17.9 Å². The van der Waals surface area contributed by atoms with E-state index in [9.17, 15) is 0 Å². The molecule has 0 fully saturated rings. The Labute approximate surface area is 126 Å². The average Bonchev–Trinajstić information content (AvgIpc) is 2.44. The number of hydrogen-bond donors (Lipinski definition) is 0. The summed E-state index contributed by atoms with van der Waals surface area (Å²) in [5.74, 6) is 0. The van der Waals surface area contributed by atoms with Crippen molar-refractivity contribution in [1.29, 1.82) is 0 Å². The first kappa shape index (κ1) is 14.8. The maximum atomic E-state index is 5.87. The SMILES string of the molecule is Cc1ccccc1C[C@@H](C)N=CCc1ccc(Cl)cc1. The van der Waals surface area contributed by atoms with Gasteiger partial charge < -0.3 is 0 Å². The minimum atomic E-state index is 0.309. The van der Waals surface area contributed by atoms with Crippen LogP contribution >= 0.6 is 11.6 Å². The predicted octanol–water partition coefficient (Wildman–Crippen LogP) is 4.89. The molecule has 0 bridgehead atoms. The topological polar surface area (TPSA) is 12.4 Å².